The first-order valence-corrected chi connectivity index (χ1v) is 8.38. The van der Waals surface area contributed by atoms with E-state index in [1.165, 1.54) is 24.3 Å². The summed E-state index contributed by atoms with van der Waals surface area (Å²) in [5.41, 5.74) is 1.17. The van der Waals surface area contributed by atoms with Crippen molar-refractivity contribution in [2.75, 3.05) is 4.90 Å². The summed E-state index contributed by atoms with van der Waals surface area (Å²) in [5.74, 6) is -1.78. The molecule has 2 aromatic carbocycles. The lowest BCUT2D eigenvalue weighted by Gasteiger charge is -2.15. The second-order valence-electron chi connectivity index (χ2n) is 5.77. The maximum absolute atomic E-state index is 12.9. The normalized spacial score (nSPS) is 21.4. The second-order valence-corrected chi connectivity index (χ2v) is 6.69. The molecule has 9 heteroatoms. The lowest BCUT2D eigenvalue weighted by molar-refractivity contribution is -0.384. The summed E-state index contributed by atoms with van der Waals surface area (Å²) >= 11 is 3.31. The van der Waals surface area contributed by atoms with Gasteiger partial charge in [-0.15, -0.1) is 0 Å². The Bertz CT molecular complexity index is 955. The highest BCUT2D eigenvalue weighted by Gasteiger charge is 2.56. The van der Waals surface area contributed by atoms with Crippen molar-refractivity contribution >= 4 is 44.8 Å². The van der Waals surface area contributed by atoms with Crippen LogP contribution >= 0.6 is 15.9 Å². The zero-order valence-electron chi connectivity index (χ0n) is 13.0. The van der Waals surface area contributed by atoms with Gasteiger partial charge in [0.25, 0.3) is 11.6 Å². The minimum atomic E-state index is -1.02. The van der Waals surface area contributed by atoms with Crippen LogP contribution in [-0.2, 0) is 14.4 Å². The molecule has 130 valence electrons. The molecule has 0 bridgehead atoms. The van der Waals surface area contributed by atoms with Gasteiger partial charge in [0.05, 0.1) is 10.6 Å². The molecular weight excluding hydrogens is 406 g/mol. The second kappa shape index (κ2) is 6.03. The van der Waals surface area contributed by atoms with E-state index in [9.17, 15) is 19.7 Å². The van der Waals surface area contributed by atoms with Crippen molar-refractivity contribution in [3.05, 3.63) is 68.7 Å². The molecule has 2 aliphatic rings. The fourth-order valence-electron chi connectivity index (χ4n) is 3.01. The Kier molecular flexibility index (Phi) is 3.80. The molecular formula is C17H10BrN3O5. The van der Waals surface area contributed by atoms with E-state index in [0.717, 1.165) is 9.37 Å². The zero-order valence-corrected chi connectivity index (χ0v) is 14.6. The maximum atomic E-state index is 12.9. The number of nitro groups is 1. The van der Waals surface area contributed by atoms with Crippen molar-refractivity contribution in [3.63, 3.8) is 0 Å². The Hall–Kier alpha value is -3.07. The fourth-order valence-corrected chi connectivity index (χ4v) is 3.28. The van der Waals surface area contributed by atoms with Crippen molar-refractivity contribution < 1.29 is 19.3 Å². The Morgan fingerprint density at radius 2 is 1.69 bits per heavy atom. The molecule has 2 atom stereocenters. The summed E-state index contributed by atoms with van der Waals surface area (Å²) in [6.07, 6.45) is -1.02. The van der Waals surface area contributed by atoms with Crippen molar-refractivity contribution in [3.8, 4) is 0 Å². The van der Waals surface area contributed by atoms with Crippen molar-refractivity contribution in [2.24, 2.45) is 11.1 Å². The van der Waals surface area contributed by atoms with Gasteiger partial charge in [0.15, 0.2) is 0 Å². The molecule has 0 radical (unpaired) electrons. The average molecular weight is 416 g/mol. The number of halogens is 1. The van der Waals surface area contributed by atoms with Crippen molar-refractivity contribution in [1.82, 2.24) is 0 Å². The lowest BCUT2D eigenvalue weighted by Crippen LogP contribution is -2.33. The molecule has 8 nitrogen and oxygen atoms in total. The number of fused-ring (bicyclic) bond motifs is 1. The van der Waals surface area contributed by atoms with Crippen LogP contribution in [0.3, 0.4) is 0 Å². The molecule has 0 spiro atoms. The number of hydrogen-bond acceptors (Lipinski definition) is 6. The first kappa shape index (κ1) is 16.4. The van der Waals surface area contributed by atoms with Gasteiger partial charge >= 0.3 is 0 Å². The van der Waals surface area contributed by atoms with Gasteiger partial charge in [-0.1, -0.05) is 21.1 Å². The number of carbonyl (C=O) groups excluding carboxylic acids is 2. The monoisotopic (exact) mass is 415 g/mol. The van der Waals surface area contributed by atoms with Gasteiger partial charge in [0.1, 0.15) is 11.6 Å². The smallest absolute Gasteiger partial charge is 0.278 e. The van der Waals surface area contributed by atoms with E-state index in [1.807, 2.05) is 0 Å². The van der Waals surface area contributed by atoms with Crippen LogP contribution in [0, 0.1) is 16.0 Å². The number of benzene rings is 2. The van der Waals surface area contributed by atoms with E-state index in [4.69, 9.17) is 4.84 Å². The largest absolute Gasteiger partial charge is 0.381 e. The van der Waals surface area contributed by atoms with Crippen LogP contribution in [0.4, 0.5) is 11.4 Å². The average Bonchev–Trinajstić information content (AvgIpc) is 3.17. The predicted octanol–water partition coefficient (Wildman–Crippen LogP) is 2.65. The van der Waals surface area contributed by atoms with Crippen LogP contribution in [0.1, 0.15) is 5.56 Å². The highest BCUT2D eigenvalue weighted by Crippen LogP contribution is 2.35. The number of rotatable bonds is 3. The lowest BCUT2D eigenvalue weighted by atomic mass is 9.94. The summed E-state index contributed by atoms with van der Waals surface area (Å²) in [7, 11) is 0. The minimum Gasteiger partial charge on any atom is -0.381 e. The van der Waals surface area contributed by atoms with Gasteiger partial charge in [-0.25, -0.2) is 4.90 Å². The standard InChI is InChI=1S/C17H10BrN3O5/c18-10-3-7-11(8-4-10)20-16(22)13-14(19-26-15(13)17(20)23)9-1-5-12(6-2-9)21(24)25/h1-8,13,15H/t13-,15+/m1/s1. The summed E-state index contributed by atoms with van der Waals surface area (Å²) < 4.78 is 0.824. The van der Waals surface area contributed by atoms with Gasteiger partial charge < -0.3 is 4.84 Å². The Labute approximate surface area is 155 Å². The molecule has 26 heavy (non-hydrogen) atoms. The molecule has 0 N–H and O–H groups in total. The summed E-state index contributed by atoms with van der Waals surface area (Å²) in [6.45, 7) is 0. The van der Waals surface area contributed by atoms with Gasteiger partial charge in [-0.3, -0.25) is 19.7 Å². The summed E-state index contributed by atoms with van der Waals surface area (Å²) in [6, 6.07) is 12.4. The molecule has 2 aliphatic heterocycles. The number of nitro benzene ring substituents is 1. The molecule has 1 fully saturated rings. The van der Waals surface area contributed by atoms with Crippen LogP contribution in [0.5, 0.6) is 0 Å². The highest BCUT2D eigenvalue weighted by molar-refractivity contribution is 9.10. The highest BCUT2D eigenvalue weighted by atomic mass is 79.9. The van der Waals surface area contributed by atoms with E-state index in [2.05, 4.69) is 21.1 Å². The molecule has 0 saturated carbocycles. The van der Waals surface area contributed by atoms with Gasteiger partial charge in [0, 0.05) is 22.2 Å². The van der Waals surface area contributed by atoms with Crippen LogP contribution in [0.15, 0.2) is 58.2 Å². The van der Waals surface area contributed by atoms with Gasteiger partial charge in [-0.05, 0) is 36.4 Å². The van der Waals surface area contributed by atoms with Gasteiger partial charge in [-0.2, -0.15) is 0 Å². The molecule has 2 heterocycles. The number of hydrogen-bond donors (Lipinski definition) is 0. The number of amides is 2. The fraction of sp³-hybridized carbons (Fsp3) is 0.118. The van der Waals surface area contributed by atoms with E-state index >= 15 is 0 Å². The van der Waals surface area contributed by atoms with Gasteiger partial charge in [0.2, 0.25) is 12.0 Å². The van der Waals surface area contributed by atoms with Crippen LogP contribution in [0.25, 0.3) is 0 Å². The number of non-ortho nitro benzene ring substituents is 1. The summed E-state index contributed by atoms with van der Waals surface area (Å²) in [5, 5.41) is 14.7. The topological polar surface area (TPSA) is 102 Å². The SMILES string of the molecule is O=C1[C@@H]2C(c3ccc([N+](=O)[O-])cc3)=NO[C@@H]2C(=O)N1c1ccc(Br)cc1. The molecule has 4 rings (SSSR count). The molecule has 1 saturated heterocycles. The zero-order chi connectivity index (χ0) is 18.4. The molecule has 0 aliphatic carbocycles. The van der Waals surface area contributed by atoms with Crippen LogP contribution < -0.4 is 4.90 Å². The number of imide groups is 1. The first-order chi connectivity index (χ1) is 12.5. The Balaban J connectivity index is 1.66. The molecule has 2 amide bonds. The van der Waals surface area contributed by atoms with E-state index in [0.29, 0.717) is 17.0 Å². The van der Waals surface area contributed by atoms with Crippen LogP contribution in [0.2, 0.25) is 0 Å². The summed E-state index contributed by atoms with van der Waals surface area (Å²) in [4.78, 5) is 42.0. The third-order valence-corrected chi connectivity index (χ3v) is 4.80. The molecule has 2 aromatic rings. The third-order valence-electron chi connectivity index (χ3n) is 4.27. The number of carbonyl (C=O) groups is 2. The predicted molar refractivity (Wildman–Crippen MR) is 94.6 cm³/mol. The van der Waals surface area contributed by atoms with E-state index < -0.39 is 28.8 Å². The third kappa shape index (κ3) is 2.48. The molecule has 0 unspecified atom stereocenters. The first-order valence-electron chi connectivity index (χ1n) is 7.59. The van der Waals surface area contributed by atoms with Crippen molar-refractivity contribution in [2.45, 2.75) is 6.10 Å². The van der Waals surface area contributed by atoms with E-state index in [1.54, 1.807) is 24.3 Å². The quantitative estimate of drug-likeness (QED) is 0.435. The Morgan fingerprint density at radius 1 is 1.04 bits per heavy atom. The number of anilines is 1. The Morgan fingerprint density at radius 3 is 2.31 bits per heavy atom. The van der Waals surface area contributed by atoms with Crippen LogP contribution in [-0.4, -0.2) is 28.6 Å². The number of oxime groups is 1. The maximum Gasteiger partial charge on any atom is 0.278 e. The van der Waals surface area contributed by atoms with Crippen molar-refractivity contribution in [1.29, 1.82) is 0 Å². The number of nitrogens with zero attached hydrogens (tertiary/aromatic N) is 3. The van der Waals surface area contributed by atoms with E-state index in [-0.39, 0.29) is 5.69 Å². The molecule has 0 aromatic heterocycles. The minimum absolute atomic E-state index is 0.0740.